The van der Waals surface area contributed by atoms with Crippen molar-refractivity contribution in [1.29, 1.82) is 0 Å². The quantitative estimate of drug-likeness (QED) is 0.765. The van der Waals surface area contributed by atoms with Gasteiger partial charge in [-0.2, -0.15) is 0 Å². The Labute approximate surface area is 112 Å². The highest BCUT2D eigenvalue weighted by Crippen LogP contribution is 2.34. The summed E-state index contributed by atoms with van der Waals surface area (Å²) < 4.78 is 0. The first kappa shape index (κ1) is 15.5. The summed E-state index contributed by atoms with van der Waals surface area (Å²) >= 11 is 0. The van der Waals surface area contributed by atoms with Gasteiger partial charge in [0.15, 0.2) is 0 Å². The van der Waals surface area contributed by atoms with Gasteiger partial charge in [0, 0.05) is 12.6 Å². The lowest BCUT2D eigenvalue weighted by molar-refractivity contribution is -0.120. The third-order valence-electron chi connectivity index (χ3n) is 3.93. The molecule has 0 aromatic carbocycles. The van der Waals surface area contributed by atoms with Gasteiger partial charge in [-0.15, -0.1) is 0 Å². The molecule has 1 amide bonds. The molecular weight excluding hydrogens is 224 g/mol. The fourth-order valence-corrected chi connectivity index (χ4v) is 2.40. The minimum Gasteiger partial charge on any atom is -0.355 e. The predicted molar refractivity (Wildman–Crippen MR) is 76.5 cm³/mol. The Hall–Kier alpha value is -0.570. The molecule has 3 nitrogen and oxygen atoms in total. The average molecular weight is 254 g/mol. The van der Waals surface area contributed by atoms with E-state index in [0.717, 1.165) is 13.0 Å². The Kier molecular flexibility index (Phi) is 6.13. The Morgan fingerprint density at radius 1 is 1.28 bits per heavy atom. The lowest BCUT2D eigenvalue weighted by Gasteiger charge is -2.34. The molecule has 1 rings (SSSR count). The molecule has 1 fully saturated rings. The van der Waals surface area contributed by atoms with Crippen molar-refractivity contribution in [2.75, 3.05) is 13.1 Å². The topological polar surface area (TPSA) is 41.1 Å². The SMILES string of the molecule is CC(C)CCNC(=O)CNC1CCC(C)(C)CC1. The number of hydrogen-bond donors (Lipinski definition) is 2. The molecule has 0 aromatic rings. The fraction of sp³-hybridized carbons (Fsp3) is 0.933. The zero-order chi connectivity index (χ0) is 13.6. The number of hydrogen-bond acceptors (Lipinski definition) is 2. The van der Waals surface area contributed by atoms with Gasteiger partial charge >= 0.3 is 0 Å². The smallest absolute Gasteiger partial charge is 0.233 e. The van der Waals surface area contributed by atoms with E-state index in [0.29, 0.717) is 23.9 Å². The molecule has 1 saturated carbocycles. The van der Waals surface area contributed by atoms with E-state index < -0.39 is 0 Å². The van der Waals surface area contributed by atoms with Gasteiger partial charge in [-0.05, 0) is 43.4 Å². The van der Waals surface area contributed by atoms with E-state index in [4.69, 9.17) is 0 Å². The van der Waals surface area contributed by atoms with Gasteiger partial charge in [-0.1, -0.05) is 27.7 Å². The minimum atomic E-state index is 0.139. The molecule has 0 bridgehead atoms. The van der Waals surface area contributed by atoms with E-state index in [1.165, 1.54) is 25.7 Å². The summed E-state index contributed by atoms with van der Waals surface area (Å²) in [5, 5.41) is 6.35. The van der Waals surface area contributed by atoms with Crippen LogP contribution in [-0.2, 0) is 4.79 Å². The molecule has 1 aliphatic rings. The van der Waals surface area contributed by atoms with Crippen LogP contribution < -0.4 is 10.6 Å². The fourth-order valence-electron chi connectivity index (χ4n) is 2.40. The van der Waals surface area contributed by atoms with E-state index in [-0.39, 0.29) is 5.91 Å². The molecule has 18 heavy (non-hydrogen) atoms. The summed E-state index contributed by atoms with van der Waals surface area (Å²) in [5.74, 6) is 0.791. The van der Waals surface area contributed by atoms with E-state index in [2.05, 4.69) is 38.3 Å². The van der Waals surface area contributed by atoms with Gasteiger partial charge in [-0.25, -0.2) is 0 Å². The second-order valence-electron chi connectivity index (χ2n) is 6.85. The highest BCUT2D eigenvalue weighted by Gasteiger charge is 2.26. The predicted octanol–water partition coefficient (Wildman–Crippen LogP) is 2.71. The second-order valence-corrected chi connectivity index (χ2v) is 6.85. The normalized spacial score (nSPS) is 20.1. The van der Waals surface area contributed by atoms with Crippen molar-refractivity contribution in [2.45, 2.75) is 65.8 Å². The Balaban J connectivity index is 2.08. The molecule has 3 heteroatoms. The van der Waals surface area contributed by atoms with Crippen LogP contribution in [0.15, 0.2) is 0 Å². The third kappa shape index (κ3) is 6.39. The van der Waals surface area contributed by atoms with Gasteiger partial charge in [-0.3, -0.25) is 4.79 Å². The molecular formula is C15H30N2O. The van der Waals surface area contributed by atoms with Gasteiger partial charge < -0.3 is 10.6 Å². The number of carbonyl (C=O) groups is 1. The lowest BCUT2D eigenvalue weighted by Crippen LogP contribution is -2.42. The summed E-state index contributed by atoms with van der Waals surface area (Å²) in [7, 11) is 0. The molecule has 0 saturated heterocycles. The van der Waals surface area contributed by atoms with Crippen molar-refractivity contribution >= 4 is 5.91 Å². The summed E-state index contributed by atoms with van der Waals surface area (Å²) in [6.07, 6.45) is 5.99. The van der Waals surface area contributed by atoms with Crippen molar-refractivity contribution < 1.29 is 4.79 Å². The van der Waals surface area contributed by atoms with Crippen LogP contribution in [0, 0.1) is 11.3 Å². The van der Waals surface area contributed by atoms with E-state index in [1.54, 1.807) is 0 Å². The summed E-state index contributed by atoms with van der Waals surface area (Å²) in [6, 6.07) is 0.536. The molecule has 0 aromatic heterocycles. The van der Waals surface area contributed by atoms with Crippen molar-refractivity contribution in [3.8, 4) is 0 Å². The first-order valence-electron chi connectivity index (χ1n) is 7.39. The molecule has 0 atom stereocenters. The summed E-state index contributed by atoms with van der Waals surface area (Å²) in [6.45, 7) is 10.3. The third-order valence-corrected chi connectivity index (χ3v) is 3.93. The Morgan fingerprint density at radius 3 is 2.44 bits per heavy atom. The summed E-state index contributed by atoms with van der Waals surface area (Å²) in [4.78, 5) is 11.6. The van der Waals surface area contributed by atoms with E-state index in [9.17, 15) is 4.79 Å². The van der Waals surface area contributed by atoms with Crippen molar-refractivity contribution in [2.24, 2.45) is 11.3 Å². The van der Waals surface area contributed by atoms with Crippen LogP contribution >= 0.6 is 0 Å². The number of carbonyl (C=O) groups excluding carboxylic acids is 1. The number of rotatable bonds is 6. The summed E-state index contributed by atoms with van der Waals surface area (Å²) in [5.41, 5.74) is 0.498. The van der Waals surface area contributed by atoms with Crippen molar-refractivity contribution in [1.82, 2.24) is 10.6 Å². The molecule has 2 N–H and O–H groups in total. The maximum absolute atomic E-state index is 11.6. The zero-order valence-corrected chi connectivity index (χ0v) is 12.5. The number of nitrogens with one attached hydrogen (secondary N) is 2. The monoisotopic (exact) mass is 254 g/mol. The Morgan fingerprint density at radius 2 is 1.89 bits per heavy atom. The molecule has 1 aliphatic carbocycles. The maximum Gasteiger partial charge on any atom is 0.233 e. The first-order chi connectivity index (χ1) is 8.39. The second kappa shape index (κ2) is 7.13. The van der Waals surface area contributed by atoms with Crippen LogP contribution in [0.25, 0.3) is 0 Å². The van der Waals surface area contributed by atoms with E-state index >= 15 is 0 Å². The highest BCUT2D eigenvalue weighted by atomic mass is 16.1. The largest absolute Gasteiger partial charge is 0.355 e. The van der Waals surface area contributed by atoms with E-state index in [1.807, 2.05) is 0 Å². The van der Waals surface area contributed by atoms with Crippen LogP contribution in [0.1, 0.15) is 59.8 Å². The molecule has 0 heterocycles. The van der Waals surface area contributed by atoms with Gasteiger partial charge in [0.1, 0.15) is 0 Å². The van der Waals surface area contributed by atoms with Crippen LogP contribution in [0.5, 0.6) is 0 Å². The van der Waals surface area contributed by atoms with Gasteiger partial charge in [0.25, 0.3) is 0 Å². The highest BCUT2D eigenvalue weighted by molar-refractivity contribution is 5.77. The first-order valence-corrected chi connectivity index (χ1v) is 7.39. The maximum atomic E-state index is 11.6. The zero-order valence-electron chi connectivity index (χ0n) is 12.5. The van der Waals surface area contributed by atoms with Crippen LogP contribution in [0.4, 0.5) is 0 Å². The molecule has 0 spiro atoms. The van der Waals surface area contributed by atoms with Gasteiger partial charge in [0.2, 0.25) is 5.91 Å². The molecule has 106 valence electrons. The van der Waals surface area contributed by atoms with Gasteiger partial charge in [0.05, 0.1) is 6.54 Å². The standard InChI is InChI=1S/C15H30N2O/c1-12(2)7-10-16-14(18)11-17-13-5-8-15(3,4)9-6-13/h12-13,17H,5-11H2,1-4H3,(H,16,18). The van der Waals surface area contributed by atoms with Crippen molar-refractivity contribution in [3.05, 3.63) is 0 Å². The molecule has 0 radical (unpaired) electrons. The number of amides is 1. The van der Waals surface area contributed by atoms with Crippen molar-refractivity contribution in [3.63, 3.8) is 0 Å². The van der Waals surface area contributed by atoms with Crippen LogP contribution in [-0.4, -0.2) is 25.0 Å². The molecule has 0 aliphatic heterocycles. The van der Waals surface area contributed by atoms with Crippen LogP contribution in [0.3, 0.4) is 0 Å². The van der Waals surface area contributed by atoms with Crippen LogP contribution in [0.2, 0.25) is 0 Å². The molecule has 0 unspecified atom stereocenters. The minimum absolute atomic E-state index is 0.139. The average Bonchev–Trinajstić information content (AvgIpc) is 2.27. The lowest BCUT2D eigenvalue weighted by atomic mass is 9.75. The Bertz CT molecular complexity index is 251.